The largest absolute Gasteiger partial charge is 0.508 e. The number of piperazine rings is 1. The molecule has 0 unspecified atom stereocenters. The maximum atomic E-state index is 10.3. The molecule has 0 aromatic heterocycles. The molecule has 0 saturated carbocycles. The number of nitrogens with zero attached hydrogens (tertiary/aromatic N) is 1. The van der Waals surface area contributed by atoms with Gasteiger partial charge in [-0.25, -0.2) is 0 Å². The van der Waals surface area contributed by atoms with Crippen LogP contribution in [0, 0.1) is 5.41 Å². The molecule has 5 heteroatoms. The third-order valence-corrected chi connectivity index (χ3v) is 4.44. The van der Waals surface area contributed by atoms with Crippen molar-refractivity contribution in [2.45, 2.75) is 19.9 Å². The van der Waals surface area contributed by atoms with Gasteiger partial charge in [-0.1, -0.05) is 35.8 Å². The molecule has 1 aromatic carbocycles. The molecule has 0 radical (unpaired) electrons. The summed E-state index contributed by atoms with van der Waals surface area (Å²) in [6.45, 7) is 7.89. The number of phenolic OH excluding ortho intramolecular Hbond substituents is 1. The minimum Gasteiger partial charge on any atom is -0.508 e. The Morgan fingerprint density at radius 3 is 2.55 bits per heavy atom. The van der Waals surface area contributed by atoms with E-state index in [0.717, 1.165) is 36.2 Å². The molecule has 0 amide bonds. The molecule has 0 aliphatic carbocycles. The van der Waals surface area contributed by atoms with Crippen LogP contribution in [0.4, 0.5) is 0 Å². The zero-order valence-corrected chi connectivity index (χ0v) is 13.7. The lowest BCUT2D eigenvalue weighted by Gasteiger charge is -2.43. The molecule has 1 fully saturated rings. The number of rotatable bonds is 4. The lowest BCUT2D eigenvalue weighted by molar-refractivity contribution is 0.0293. The minimum absolute atomic E-state index is 0.00250. The van der Waals surface area contributed by atoms with Crippen molar-refractivity contribution in [1.82, 2.24) is 10.2 Å². The van der Waals surface area contributed by atoms with Crippen molar-refractivity contribution in [3.63, 3.8) is 0 Å². The molecule has 1 heterocycles. The summed E-state index contributed by atoms with van der Waals surface area (Å²) >= 11 is 3.38. The summed E-state index contributed by atoms with van der Waals surface area (Å²) in [5.41, 5.74) is 0.567. The van der Waals surface area contributed by atoms with Gasteiger partial charge in [0.15, 0.2) is 0 Å². The molecule has 20 heavy (non-hydrogen) atoms. The van der Waals surface area contributed by atoms with E-state index in [0.29, 0.717) is 0 Å². The first-order chi connectivity index (χ1) is 9.45. The Bertz CT molecular complexity index is 459. The van der Waals surface area contributed by atoms with Crippen LogP contribution in [0.25, 0.3) is 0 Å². The minimum atomic E-state index is -0.317. The van der Waals surface area contributed by atoms with Crippen LogP contribution in [-0.2, 0) is 0 Å². The van der Waals surface area contributed by atoms with Crippen LogP contribution in [0.1, 0.15) is 25.5 Å². The molecule has 1 aromatic rings. The molecule has 3 N–H and O–H groups in total. The van der Waals surface area contributed by atoms with Crippen molar-refractivity contribution >= 4 is 15.9 Å². The summed E-state index contributed by atoms with van der Waals surface area (Å²) in [7, 11) is 0. The number of phenols is 1. The van der Waals surface area contributed by atoms with E-state index in [1.54, 1.807) is 6.07 Å². The fourth-order valence-electron chi connectivity index (χ4n) is 2.89. The predicted molar refractivity (Wildman–Crippen MR) is 83.9 cm³/mol. The smallest absolute Gasteiger partial charge is 0.121 e. The van der Waals surface area contributed by atoms with Crippen LogP contribution in [0.2, 0.25) is 0 Å². The Kier molecular flexibility index (Phi) is 5.07. The van der Waals surface area contributed by atoms with Crippen LogP contribution in [0.3, 0.4) is 0 Å². The Morgan fingerprint density at radius 1 is 1.35 bits per heavy atom. The molecule has 112 valence electrons. The predicted octanol–water partition coefficient (Wildman–Crippen LogP) is 2.12. The van der Waals surface area contributed by atoms with Gasteiger partial charge in [-0.3, -0.25) is 4.90 Å². The van der Waals surface area contributed by atoms with E-state index in [4.69, 9.17) is 0 Å². The number of nitrogens with one attached hydrogen (secondary N) is 1. The summed E-state index contributed by atoms with van der Waals surface area (Å²) in [6, 6.07) is 5.61. The van der Waals surface area contributed by atoms with Gasteiger partial charge in [0.1, 0.15) is 5.75 Å². The highest BCUT2D eigenvalue weighted by molar-refractivity contribution is 9.10. The van der Waals surface area contributed by atoms with Crippen molar-refractivity contribution < 1.29 is 10.2 Å². The van der Waals surface area contributed by atoms with Crippen molar-refractivity contribution in [2.75, 3.05) is 32.8 Å². The van der Waals surface area contributed by atoms with Crippen LogP contribution in [-0.4, -0.2) is 47.9 Å². The summed E-state index contributed by atoms with van der Waals surface area (Å²) in [6.07, 6.45) is 0. The molecule has 1 saturated heterocycles. The van der Waals surface area contributed by atoms with Crippen LogP contribution in [0.5, 0.6) is 5.75 Å². The standard InChI is InChI=1S/C15H23BrN2O2/c1-15(2,10-19)14(18-7-5-17-6-8-18)12-4-3-11(16)9-13(12)20/h3-4,9,14,17,19-20H,5-8,10H2,1-2H3/t14-/m1/s1. The zero-order chi connectivity index (χ0) is 14.8. The number of aliphatic hydroxyl groups is 1. The number of aromatic hydroxyl groups is 1. The molecule has 1 aliphatic heterocycles. The van der Waals surface area contributed by atoms with Gasteiger partial charge >= 0.3 is 0 Å². The number of hydrogen-bond donors (Lipinski definition) is 3. The Labute approximate surface area is 128 Å². The summed E-state index contributed by atoms with van der Waals surface area (Å²) in [5, 5.41) is 23.4. The first kappa shape index (κ1) is 15.8. The zero-order valence-electron chi connectivity index (χ0n) is 12.1. The maximum absolute atomic E-state index is 10.3. The van der Waals surface area contributed by atoms with E-state index >= 15 is 0 Å². The van der Waals surface area contributed by atoms with E-state index in [1.807, 2.05) is 26.0 Å². The van der Waals surface area contributed by atoms with Gasteiger partial charge in [-0.05, 0) is 12.1 Å². The second kappa shape index (κ2) is 6.43. The molecule has 1 atom stereocenters. The average molecular weight is 343 g/mol. The van der Waals surface area contributed by atoms with Crippen molar-refractivity contribution in [3.8, 4) is 5.75 Å². The molecule has 4 nitrogen and oxygen atoms in total. The molecular formula is C15H23BrN2O2. The fourth-order valence-corrected chi connectivity index (χ4v) is 3.24. The molecule has 2 rings (SSSR count). The van der Waals surface area contributed by atoms with Gasteiger partial charge in [-0.2, -0.15) is 0 Å². The second-order valence-electron chi connectivity index (χ2n) is 6.04. The van der Waals surface area contributed by atoms with Crippen LogP contribution < -0.4 is 5.32 Å². The highest BCUT2D eigenvalue weighted by atomic mass is 79.9. The summed E-state index contributed by atoms with van der Waals surface area (Å²) in [4.78, 5) is 2.34. The fraction of sp³-hybridized carbons (Fsp3) is 0.600. The average Bonchev–Trinajstić information content (AvgIpc) is 2.43. The highest BCUT2D eigenvalue weighted by Gasteiger charge is 2.37. The van der Waals surface area contributed by atoms with Gasteiger partial charge in [0.05, 0.1) is 0 Å². The van der Waals surface area contributed by atoms with E-state index < -0.39 is 0 Å². The Morgan fingerprint density at radius 2 is 2.00 bits per heavy atom. The Hall–Kier alpha value is -0.620. The van der Waals surface area contributed by atoms with E-state index in [1.165, 1.54) is 0 Å². The third kappa shape index (κ3) is 3.34. The molecular weight excluding hydrogens is 320 g/mol. The first-order valence-electron chi connectivity index (χ1n) is 7.00. The monoisotopic (exact) mass is 342 g/mol. The van der Waals surface area contributed by atoms with E-state index in [9.17, 15) is 10.2 Å². The number of hydrogen-bond acceptors (Lipinski definition) is 4. The molecule has 0 bridgehead atoms. The molecule has 0 spiro atoms. The topological polar surface area (TPSA) is 55.7 Å². The SMILES string of the molecule is CC(C)(CO)[C@@H](c1ccc(Br)cc1O)N1CCNCC1. The van der Waals surface area contributed by atoms with Gasteiger partial charge in [-0.15, -0.1) is 0 Å². The van der Waals surface area contributed by atoms with Crippen LogP contribution >= 0.6 is 15.9 Å². The quantitative estimate of drug-likeness (QED) is 0.784. The molecule has 1 aliphatic rings. The maximum Gasteiger partial charge on any atom is 0.121 e. The van der Waals surface area contributed by atoms with Gasteiger partial charge in [0.2, 0.25) is 0 Å². The van der Waals surface area contributed by atoms with Gasteiger partial charge < -0.3 is 15.5 Å². The number of aliphatic hydroxyl groups excluding tert-OH is 1. The van der Waals surface area contributed by atoms with E-state index in [2.05, 4.69) is 26.1 Å². The highest BCUT2D eigenvalue weighted by Crippen LogP contribution is 2.42. The lowest BCUT2D eigenvalue weighted by Crippen LogP contribution is -2.49. The van der Waals surface area contributed by atoms with Crippen molar-refractivity contribution in [3.05, 3.63) is 28.2 Å². The second-order valence-corrected chi connectivity index (χ2v) is 6.95. The van der Waals surface area contributed by atoms with Crippen molar-refractivity contribution in [2.24, 2.45) is 5.41 Å². The van der Waals surface area contributed by atoms with E-state index in [-0.39, 0.29) is 23.8 Å². The lowest BCUT2D eigenvalue weighted by atomic mass is 9.79. The first-order valence-corrected chi connectivity index (χ1v) is 7.79. The Balaban J connectivity index is 2.39. The van der Waals surface area contributed by atoms with Gasteiger partial charge in [0.25, 0.3) is 0 Å². The van der Waals surface area contributed by atoms with Crippen LogP contribution in [0.15, 0.2) is 22.7 Å². The van der Waals surface area contributed by atoms with Gasteiger partial charge in [0, 0.05) is 54.3 Å². The van der Waals surface area contributed by atoms with Crippen molar-refractivity contribution in [1.29, 1.82) is 0 Å². The summed E-state index contributed by atoms with van der Waals surface area (Å²) < 4.78 is 0.861. The third-order valence-electron chi connectivity index (χ3n) is 3.95. The number of benzene rings is 1. The normalized spacial score (nSPS) is 19.0. The number of halogens is 1. The summed E-state index contributed by atoms with van der Waals surface area (Å²) in [5.74, 6) is 0.282.